The lowest BCUT2D eigenvalue weighted by atomic mass is 9.96. The Morgan fingerprint density at radius 3 is 2.69 bits per heavy atom. The third kappa shape index (κ3) is 4.41. The van der Waals surface area contributed by atoms with Gasteiger partial charge in [0, 0.05) is 29.6 Å². The predicted molar refractivity (Wildman–Crippen MR) is 104 cm³/mol. The smallest absolute Gasteiger partial charge is 0.409 e. The summed E-state index contributed by atoms with van der Waals surface area (Å²) in [7, 11) is 0. The van der Waals surface area contributed by atoms with Crippen molar-refractivity contribution in [1.82, 2.24) is 10.2 Å². The van der Waals surface area contributed by atoms with E-state index in [4.69, 9.17) is 22.1 Å². The van der Waals surface area contributed by atoms with Crippen molar-refractivity contribution in [2.75, 3.05) is 26.2 Å². The lowest BCUT2D eigenvalue weighted by molar-refractivity contribution is 0.0963. The molecule has 1 saturated carbocycles. The summed E-state index contributed by atoms with van der Waals surface area (Å²) in [6, 6.07) is 8.22. The molecule has 0 spiro atoms. The largest absolute Gasteiger partial charge is 0.450 e. The van der Waals surface area contributed by atoms with Gasteiger partial charge in [0.15, 0.2) is 5.96 Å². The summed E-state index contributed by atoms with van der Waals surface area (Å²) in [6.07, 6.45) is 3.62. The average Bonchev–Trinajstić information content (AvgIpc) is 3.42. The molecule has 1 saturated heterocycles. The second kappa shape index (κ2) is 8.16. The Bertz CT molecular complexity index is 667. The van der Waals surface area contributed by atoms with Crippen LogP contribution in [0.5, 0.6) is 0 Å². The molecule has 1 heterocycles. The van der Waals surface area contributed by atoms with E-state index in [-0.39, 0.29) is 17.6 Å². The normalized spacial score (nSPS) is 19.9. The molecule has 0 aromatic heterocycles. The second-order valence-electron chi connectivity index (χ2n) is 7.07. The van der Waals surface area contributed by atoms with Gasteiger partial charge < -0.3 is 20.7 Å². The van der Waals surface area contributed by atoms with Crippen molar-refractivity contribution in [3.63, 3.8) is 0 Å². The minimum atomic E-state index is -0.233. The zero-order valence-electron chi connectivity index (χ0n) is 15.2. The van der Waals surface area contributed by atoms with Crippen LogP contribution in [-0.4, -0.2) is 49.2 Å². The molecule has 7 heteroatoms. The van der Waals surface area contributed by atoms with Gasteiger partial charge in [0.2, 0.25) is 0 Å². The number of carbonyl (C=O) groups excluding carboxylic acids is 1. The van der Waals surface area contributed by atoms with Gasteiger partial charge in [-0.3, -0.25) is 4.99 Å². The number of hydrogen-bond acceptors (Lipinski definition) is 3. The Morgan fingerprint density at radius 1 is 1.38 bits per heavy atom. The van der Waals surface area contributed by atoms with Gasteiger partial charge in [-0.15, -0.1) is 0 Å². The van der Waals surface area contributed by atoms with Gasteiger partial charge >= 0.3 is 6.09 Å². The van der Waals surface area contributed by atoms with E-state index in [0.717, 1.165) is 30.7 Å². The standard InChI is InChI=1S/C19H27ClN4O2/c1-2-26-18(25)24-11-7-14(8-12-24)23-17(21)22-13-19(9-10-19)15-5-3-4-6-16(15)20/h3-6,14H,2,7-13H2,1H3,(H3,21,22,23). The van der Waals surface area contributed by atoms with Crippen molar-refractivity contribution < 1.29 is 9.53 Å². The Hall–Kier alpha value is -1.95. The van der Waals surface area contributed by atoms with Crippen LogP contribution in [0.4, 0.5) is 4.79 Å². The number of likely N-dealkylation sites (tertiary alicyclic amines) is 1. The van der Waals surface area contributed by atoms with Gasteiger partial charge in [-0.05, 0) is 44.2 Å². The number of nitrogens with one attached hydrogen (secondary N) is 1. The van der Waals surface area contributed by atoms with E-state index in [2.05, 4.69) is 16.4 Å². The first kappa shape index (κ1) is 18.8. The Balaban J connectivity index is 1.49. The maximum Gasteiger partial charge on any atom is 0.409 e. The number of halogens is 1. The maximum absolute atomic E-state index is 11.7. The Morgan fingerprint density at radius 2 is 2.08 bits per heavy atom. The second-order valence-corrected chi connectivity index (χ2v) is 7.47. The molecule has 1 amide bonds. The molecule has 6 nitrogen and oxygen atoms in total. The van der Waals surface area contributed by atoms with Gasteiger partial charge in [-0.1, -0.05) is 29.8 Å². The number of rotatable bonds is 5. The molecule has 0 unspecified atom stereocenters. The zero-order chi connectivity index (χ0) is 18.6. The van der Waals surface area contributed by atoms with E-state index < -0.39 is 0 Å². The molecule has 26 heavy (non-hydrogen) atoms. The first-order chi connectivity index (χ1) is 12.5. The van der Waals surface area contributed by atoms with Crippen LogP contribution in [0.3, 0.4) is 0 Å². The number of hydrogen-bond donors (Lipinski definition) is 2. The molecule has 142 valence electrons. The monoisotopic (exact) mass is 378 g/mol. The van der Waals surface area contributed by atoms with Crippen molar-refractivity contribution in [3.05, 3.63) is 34.9 Å². The number of piperidine rings is 1. The van der Waals surface area contributed by atoms with Crippen molar-refractivity contribution in [2.24, 2.45) is 10.7 Å². The number of ether oxygens (including phenoxy) is 1. The Labute approximate surface area is 159 Å². The average molecular weight is 379 g/mol. The molecule has 0 radical (unpaired) electrons. The van der Waals surface area contributed by atoms with Gasteiger partial charge in [-0.2, -0.15) is 0 Å². The highest BCUT2D eigenvalue weighted by atomic mass is 35.5. The summed E-state index contributed by atoms with van der Waals surface area (Å²) < 4.78 is 5.04. The van der Waals surface area contributed by atoms with Gasteiger partial charge in [0.05, 0.1) is 13.2 Å². The third-order valence-corrected chi connectivity index (χ3v) is 5.55. The number of guanidine groups is 1. The van der Waals surface area contributed by atoms with Crippen molar-refractivity contribution >= 4 is 23.7 Å². The molecule has 3 rings (SSSR count). The molecule has 0 atom stereocenters. The summed E-state index contributed by atoms with van der Waals surface area (Å²) in [5, 5.41) is 4.10. The molecule has 2 fully saturated rings. The lowest BCUT2D eigenvalue weighted by Crippen LogP contribution is -2.48. The number of nitrogens with zero attached hydrogens (tertiary/aromatic N) is 2. The Kier molecular flexibility index (Phi) is 5.91. The van der Waals surface area contributed by atoms with Gasteiger partial charge in [-0.25, -0.2) is 4.79 Å². The molecule has 0 bridgehead atoms. The van der Waals surface area contributed by atoms with Crippen LogP contribution in [0.1, 0.15) is 38.2 Å². The number of benzene rings is 1. The molecule has 3 N–H and O–H groups in total. The molecule has 1 aromatic carbocycles. The molecular weight excluding hydrogens is 352 g/mol. The molecule has 1 aliphatic heterocycles. The van der Waals surface area contributed by atoms with Crippen LogP contribution in [0.25, 0.3) is 0 Å². The van der Waals surface area contributed by atoms with Gasteiger partial charge in [0.1, 0.15) is 0 Å². The molecular formula is C19H27ClN4O2. The van der Waals surface area contributed by atoms with Gasteiger partial charge in [0.25, 0.3) is 0 Å². The number of carbonyl (C=O) groups is 1. The topological polar surface area (TPSA) is 80.0 Å². The van der Waals surface area contributed by atoms with E-state index in [9.17, 15) is 4.79 Å². The van der Waals surface area contributed by atoms with Crippen LogP contribution >= 0.6 is 11.6 Å². The zero-order valence-corrected chi connectivity index (χ0v) is 16.0. The summed E-state index contributed by atoms with van der Waals surface area (Å²) >= 11 is 6.34. The van der Waals surface area contributed by atoms with Crippen LogP contribution in [0, 0.1) is 0 Å². The number of amides is 1. The highest BCUT2D eigenvalue weighted by molar-refractivity contribution is 6.31. The highest BCUT2D eigenvalue weighted by Gasteiger charge is 2.45. The fraction of sp³-hybridized carbons (Fsp3) is 0.579. The van der Waals surface area contributed by atoms with Crippen LogP contribution in [0.2, 0.25) is 5.02 Å². The van der Waals surface area contributed by atoms with Crippen LogP contribution in [0.15, 0.2) is 29.3 Å². The van der Waals surface area contributed by atoms with E-state index in [1.807, 2.05) is 25.1 Å². The molecule has 2 aliphatic rings. The summed E-state index contributed by atoms with van der Waals surface area (Å²) in [4.78, 5) is 18.0. The lowest BCUT2D eigenvalue weighted by Gasteiger charge is -2.31. The van der Waals surface area contributed by atoms with E-state index in [1.165, 1.54) is 5.56 Å². The highest BCUT2D eigenvalue weighted by Crippen LogP contribution is 2.50. The van der Waals surface area contributed by atoms with Crippen molar-refractivity contribution in [2.45, 2.75) is 44.1 Å². The minimum Gasteiger partial charge on any atom is -0.450 e. The first-order valence-corrected chi connectivity index (χ1v) is 9.65. The maximum atomic E-state index is 11.7. The van der Waals surface area contributed by atoms with E-state index in [0.29, 0.717) is 32.2 Å². The van der Waals surface area contributed by atoms with Crippen LogP contribution < -0.4 is 11.1 Å². The first-order valence-electron chi connectivity index (χ1n) is 9.27. The van der Waals surface area contributed by atoms with Crippen molar-refractivity contribution in [1.29, 1.82) is 0 Å². The molecule has 1 aliphatic carbocycles. The fourth-order valence-corrected chi connectivity index (χ4v) is 3.80. The number of nitrogens with two attached hydrogens (primary N) is 1. The quantitative estimate of drug-likeness (QED) is 0.609. The van der Waals surface area contributed by atoms with Crippen LogP contribution in [-0.2, 0) is 10.2 Å². The summed E-state index contributed by atoms with van der Waals surface area (Å²) in [5.41, 5.74) is 7.31. The summed E-state index contributed by atoms with van der Waals surface area (Å²) in [6.45, 7) is 4.22. The van der Waals surface area contributed by atoms with Crippen molar-refractivity contribution in [3.8, 4) is 0 Å². The third-order valence-electron chi connectivity index (χ3n) is 5.22. The fourth-order valence-electron chi connectivity index (χ4n) is 3.47. The van der Waals surface area contributed by atoms with E-state index in [1.54, 1.807) is 4.90 Å². The molecule has 1 aromatic rings. The number of aliphatic imine (C=N–C) groups is 1. The summed E-state index contributed by atoms with van der Waals surface area (Å²) in [5.74, 6) is 0.470. The van der Waals surface area contributed by atoms with E-state index >= 15 is 0 Å². The SMILES string of the molecule is CCOC(=O)N1CCC(NC(N)=NCC2(c3ccccc3Cl)CC2)CC1. The predicted octanol–water partition coefficient (Wildman–Crippen LogP) is 2.90. The minimum absolute atomic E-state index is 0.0396.